The molecule has 0 radical (unpaired) electrons. The summed E-state index contributed by atoms with van der Waals surface area (Å²) in [6, 6.07) is 0. The van der Waals surface area contributed by atoms with Gasteiger partial charge >= 0.3 is 0 Å². The van der Waals surface area contributed by atoms with Gasteiger partial charge in [0.1, 0.15) is 0 Å². The average Bonchev–Trinajstić information content (AvgIpc) is 2.55. The molecule has 0 spiro atoms. The molecular weight excluding hydrogens is 300 g/mol. The topological polar surface area (TPSA) is 86.2 Å². The minimum absolute atomic E-state index is 0.199. The molecule has 4 nitrogen and oxygen atoms in total. The van der Waals surface area contributed by atoms with Crippen LogP contribution in [0.4, 0.5) is 11.4 Å². The highest BCUT2D eigenvalue weighted by molar-refractivity contribution is 6.33. The first-order valence-corrected chi connectivity index (χ1v) is 7.99. The predicted molar refractivity (Wildman–Crippen MR) is 97.0 cm³/mol. The van der Waals surface area contributed by atoms with Gasteiger partial charge in [-0.25, -0.2) is 0 Å². The number of carbonyl (C=O) groups is 2. The van der Waals surface area contributed by atoms with Crippen molar-refractivity contribution >= 4 is 22.9 Å². The van der Waals surface area contributed by atoms with E-state index in [1.807, 2.05) is 41.5 Å². The molecule has 1 aliphatic carbocycles. The van der Waals surface area contributed by atoms with Crippen LogP contribution in [0.1, 0.15) is 65.2 Å². The van der Waals surface area contributed by atoms with Crippen molar-refractivity contribution in [3.8, 4) is 0 Å². The second-order valence-electron chi connectivity index (χ2n) is 6.74. The van der Waals surface area contributed by atoms with Crippen LogP contribution in [0, 0.1) is 41.5 Å². The van der Waals surface area contributed by atoms with Crippen LogP contribution in [0.2, 0.25) is 0 Å². The Bertz CT molecular complexity index is 816. The molecule has 124 valence electrons. The molecule has 0 fully saturated rings. The average molecular weight is 322 g/mol. The molecule has 0 unspecified atom stereocenters. The van der Waals surface area contributed by atoms with E-state index in [-0.39, 0.29) is 22.7 Å². The fraction of sp³-hybridized carbons (Fsp3) is 0.300. The summed E-state index contributed by atoms with van der Waals surface area (Å²) in [6.07, 6.45) is 0. The molecule has 0 amide bonds. The van der Waals surface area contributed by atoms with Gasteiger partial charge in [-0.2, -0.15) is 0 Å². The van der Waals surface area contributed by atoms with Crippen molar-refractivity contribution in [1.29, 1.82) is 0 Å². The number of rotatable bonds is 0. The molecule has 24 heavy (non-hydrogen) atoms. The van der Waals surface area contributed by atoms with Crippen molar-refractivity contribution in [3.63, 3.8) is 0 Å². The van der Waals surface area contributed by atoms with Crippen molar-refractivity contribution in [3.05, 3.63) is 55.6 Å². The molecule has 0 bridgehead atoms. The molecule has 4 N–H and O–H groups in total. The first kappa shape index (κ1) is 16.2. The molecule has 2 aromatic rings. The Kier molecular flexibility index (Phi) is 3.34. The molecule has 1 aliphatic rings. The van der Waals surface area contributed by atoms with Crippen molar-refractivity contribution < 1.29 is 9.59 Å². The highest BCUT2D eigenvalue weighted by Crippen LogP contribution is 2.41. The summed E-state index contributed by atoms with van der Waals surface area (Å²) in [5.41, 5.74) is 19.9. The van der Waals surface area contributed by atoms with E-state index in [1.165, 1.54) is 0 Å². The van der Waals surface area contributed by atoms with Gasteiger partial charge in [0.25, 0.3) is 0 Å². The van der Waals surface area contributed by atoms with Gasteiger partial charge in [-0.3, -0.25) is 9.59 Å². The minimum atomic E-state index is -0.199. The van der Waals surface area contributed by atoms with E-state index in [2.05, 4.69) is 0 Å². The fourth-order valence-corrected chi connectivity index (χ4v) is 3.65. The number of nitrogen functional groups attached to an aromatic ring is 2. The van der Waals surface area contributed by atoms with Crippen LogP contribution in [0.15, 0.2) is 0 Å². The molecule has 0 atom stereocenters. The summed E-state index contributed by atoms with van der Waals surface area (Å²) in [4.78, 5) is 26.5. The second kappa shape index (κ2) is 4.94. The maximum atomic E-state index is 13.2. The molecule has 0 saturated carbocycles. The monoisotopic (exact) mass is 322 g/mol. The van der Waals surface area contributed by atoms with E-state index in [0.717, 1.165) is 33.4 Å². The number of anilines is 2. The van der Waals surface area contributed by atoms with Gasteiger partial charge in [-0.15, -0.1) is 0 Å². The highest BCUT2D eigenvalue weighted by atomic mass is 16.1. The number of carbonyl (C=O) groups excluding carboxylic acids is 2. The molecular formula is C20H22N2O2. The van der Waals surface area contributed by atoms with E-state index < -0.39 is 0 Å². The second-order valence-corrected chi connectivity index (χ2v) is 6.74. The number of fused-ring (bicyclic) bond motifs is 2. The maximum Gasteiger partial charge on any atom is 0.196 e. The summed E-state index contributed by atoms with van der Waals surface area (Å²) >= 11 is 0. The summed E-state index contributed by atoms with van der Waals surface area (Å²) in [5.74, 6) is -0.397. The number of nitrogens with two attached hydrogens (primary N) is 2. The van der Waals surface area contributed by atoms with Crippen molar-refractivity contribution in [2.24, 2.45) is 0 Å². The van der Waals surface area contributed by atoms with Gasteiger partial charge in [0.05, 0.1) is 11.1 Å². The fourth-order valence-electron chi connectivity index (χ4n) is 3.65. The third-order valence-electron chi connectivity index (χ3n) is 5.75. The Hall–Kier alpha value is -2.62. The molecule has 0 aliphatic heterocycles. The number of ketones is 2. The highest BCUT2D eigenvalue weighted by Gasteiger charge is 2.37. The molecule has 0 saturated heterocycles. The smallest absolute Gasteiger partial charge is 0.196 e. The zero-order chi connectivity index (χ0) is 18.1. The van der Waals surface area contributed by atoms with Gasteiger partial charge in [-0.1, -0.05) is 0 Å². The normalized spacial score (nSPS) is 13.1. The summed E-state index contributed by atoms with van der Waals surface area (Å²) < 4.78 is 0. The van der Waals surface area contributed by atoms with Crippen molar-refractivity contribution in [2.75, 3.05) is 11.5 Å². The van der Waals surface area contributed by atoms with E-state index in [4.69, 9.17) is 11.5 Å². The number of hydrogen-bond acceptors (Lipinski definition) is 4. The zero-order valence-corrected chi connectivity index (χ0v) is 15.0. The van der Waals surface area contributed by atoms with Crippen molar-refractivity contribution in [1.82, 2.24) is 0 Å². The molecule has 0 heterocycles. The van der Waals surface area contributed by atoms with Crippen LogP contribution >= 0.6 is 0 Å². The predicted octanol–water partition coefficient (Wildman–Crippen LogP) is 3.48. The lowest BCUT2D eigenvalue weighted by atomic mass is 9.75. The van der Waals surface area contributed by atoms with Crippen LogP contribution in [-0.4, -0.2) is 11.6 Å². The van der Waals surface area contributed by atoms with Crippen LogP contribution in [0.5, 0.6) is 0 Å². The van der Waals surface area contributed by atoms with Crippen LogP contribution in [-0.2, 0) is 0 Å². The van der Waals surface area contributed by atoms with E-state index in [1.54, 1.807) is 0 Å². The quantitative estimate of drug-likeness (QED) is 0.620. The van der Waals surface area contributed by atoms with Gasteiger partial charge < -0.3 is 11.5 Å². The maximum absolute atomic E-state index is 13.2. The van der Waals surface area contributed by atoms with Crippen LogP contribution < -0.4 is 11.5 Å². The Balaban J connectivity index is 2.53. The van der Waals surface area contributed by atoms with Gasteiger partial charge in [0.2, 0.25) is 0 Å². The standard InChI is InChI=1S/C20H22N2O2/c1-7-8(2)10(4)14-13(9(7)3)19(23)15-16(20(14)24)18(22)12(6)11(5)17(15)21/h21-22H2,1-6H3. The largest absolute Gasteiger partial charge is 0.398 e. The van der Waals surface area contributed by atoms with Gasteiger partial charge in [0, 0.05) is 22.5 Å². The lowest BCUT2D eigenvalue weighted by molar-refractivity contribution is 0.0979. The molecule has 0 aromatic heterocycles. The number of benzene rings is 2. The van der Waals surface area contributed by atoms with Crippen LogP contribution in [0.25, 0.3) is 0 Å². The van der Waals surface area contributed by atoms with E-state index >= 15 is 0 Å². The summed E-state index contributed by atoms with van der Waals surface area (Å²) in [7, 11) is 0. The zero-order valence-electron chi connectivity index (χ0n) is 15.0. The molecule has 4 heteroatoms. The summed E-state index contributed by atoms with van der Waals surface area (Å²) in [5, 5.41) is 0. The van der Waals surface area contributed by atoms with Crippen molar-refractivity contribution in [2.45, 2.75) is 41.5 Å². The Morgan fingerprint density at radius 3 is 1.04 bits per heavy atom. The van der Waals surface area contributed by atoms with E-state index in [9.17, 15) is 9.59 Å². The molecule has 2 aromatic carbocycles. The van der Waals surface area contributed by atoms with Crippen LogP contribution in [0.3, 0.4) is 0 Å². The third kappa shape index (κ3) is 1.74. The Morgan fingerprint density at radius 2 is 0.750 bits per heavy atom. The third-order valence-corrected chi connectivity index (χ3v) is 5.75. The van der Waals surface area contributed by atoms with Gasteiger partial charge in [-0.05, 0) is 74.9 Å². The minimum Gasteiger partial charge on any atom is -0.398 e. The Labute approximate surface area is 141 Å². The SMILES string of the molecule is Cc1c(C)c(C)c2c(c1C)C(=O)c1c(N)c(C)c(C)c(N)c1C2=O. The lowest BCUT2D eigenvalue weighted by Crippen LogP contribution is -2.28. The summed E-state index contributed by atoms with van der Waals surface area (Å²) in [6.45, 7) is 11.4. The van der Waals surface area contributed by atoms with E-state index in [0.29, 0.717) is 22.5 Å². The first-order chi connectivity index (χ1) is 11.1. The van der Waals surface area contributed by atoms with Gasteiger partial charge in [0.15, 0.2) is 11.6 Å². The lowest BCUT2D eigenvalue weighted by Gasteiger charge is -2.27. The number of hydrogen-bond donors (Lipinski definition) is 2. The molecule has 3 rings (SSSR count). The first-order valence-electron chi connectivity index (χ1n) is 7.99. The Morgan fingerprint density at radius 1 is 0.458 bits per heavy atom.